The van der Waals surface area contributed by atoms with Gasteiger partial charge >= 0.3 is 0 Å². The second-order valence-electron chi connectivity index (χ2n) is 13.6. The first-order chi connectivity index (χ1) is 26.2. The van der Waals surface area contributed by atoms with Crippen LogP contribution in [0.3, 0.4) is 0 Å². The fourth-order valence-electron chi connectivity index (χ4n) is 8.30. The number of benzene rings is 8. The molecule has 0 spiro atoms. The Labute approximate surface area is 307 Å². The minimum Gasteiger partial charge on any atom is -0.309 e. The van der Waals surface area contributed by atoms with E-state index in [0.29, 0.717) is 0 Å². The van der Waals surface area contributed by atoms with Gasteiger partial charge in [-0.1, -0.05) is 103 Å². The van der Waals surface area contributed by atoms with Gasteiger partial charge in [-0.3, -0.25) is 0 Å². The first-order valence-electron chi connectivity index (χ1n) is 17.8. The van der Waals surface area contributed by atoms with Gasteiger partial charge in [0.1, 0.15) is 9.73 Å². The van der Waals surface area contributed by atoms with Gasteiger partial charge in [0.15, 0.2) is 0 Å². The van der Waals surface area contributed by atoms with E-state index in [1.54, 1.807) is 0 Å². The van der Waals surface area contributed by atoms with E-state index < -0.39 is 9.73 Å². The minimum absolute atomic E-state index is 0.724. The van der Waals surface area contributed by atoms with Crippen molar-refractivity contribution >= 4 is 59.0 Å². The summed E-state index contributed by atoms with van der Waals surface area (Å²) in [5, 5.41) is 4.87. The van der Waals surface area contributed by atoms with E-state index in [1.807, 2.05) is 54.6 Å². The van der Waals surface area contributed by atoms with E-state index in [4.69, 9.17) is 4.36 Å². The molecule has 8 aromatic carbocycles. The third-order valence-electron chi connectivity index (χ3n) is 10.7. The van der Waals surface area contributed by atoms with Crippen LogP contribution in [0.15, 0.2) is 202 Å². The molecule has 0 aliphatic carbocycles. The lowest BCUT2D eigenvalue weighted by Gasteiger charge is -2.22. The third kappa shape index (κ3) is 4.44. The van der Waals surface area contributed by atoms with E-state index in [2.05, 4.69) is 143 Å². The number of rotatable bonds is 4. The van der Waals surface area contributed by atoms with Gasteiger partial charge in [-0.2, -0.15) is 4.36 Å². The molecule has 0 saturated carbocycles. The Morgan fingerprint density at radius 1 is 0.396 bits per heavy atom. The molecule has 0 saturated heterocycles. The summed E-state index contributed by atoms with van der Waals surface area (Å²) in [5.74, 6) is 0. The summed E-state index contributed by atoms with van der Waals surface area (Å²) >= 11 is 0. The molecule has 4 nitrogen and oxygen atoms in total. The van der Waals surface area contributed by atoms with E-state index in [1.165, 1.54) is 43.7 Å². The molecule has 53 heavy (non-hydrogen) atoms. The fourth-order valence-corrected chi connectivity index (χ4v) is 10.5. The maximum Gasteiger partial charge on any atom is 0.109 e. The number of para-hydroxylation sites is 3. The molecular formula is C48H31N3OS. The molecule has 3 heterocycles. The fraction of sp³-hybridized carbons (Fsp3) is 0. The van der Waals surface area contributed by atoms with Crippen LogP contribution in [0.1, 0.15) is 0 Å². The van der Waals surface area contributed by atoms with Crippen molar-refractivity contribution < 1.29 is 4.21 Å². The average Bonchev–Trinajstić information content (AvgIpc) is 3.74. The highest BCUT2D eigenvalue weighted by atomic mass is 32.2. The van der Waals surface area contributed by atoms with Crippen LogP contribution in [-0.4, -0.2) is 13.3 Å². The Bertz CT molecular complexity index is 3220. The van der Waals surface area contributed by atoms with Crippen LogP contribution in [0.2, 0.25) is 0 Å². The summed E-state index contributed by atoms with van der Waals surface area (Å²) in [6.45, 7) is 0. The highest BCUT2D eigenvalue weighted by Gasteiger charge is 2.27. The van der Waals surface area contributed by atoms with E-state index in [0.717, 1.165) is 49.0 Å². The van der Waals surface area contributed by atoms with Gasteiger partial charge in [0.2, 0.25) is 0 Å². The zero-order valence-corrected chi connectivity index (χ0v) is 29.4. The van der Waals surface area contributed by atoms with Crippen LogP contribution in [0, 0.1) is 0 Å². The second kappa shape index (κ2) is 11.4. The molecule has 1 aliphatic heterocycles. The predicted octanol–water partition coefficient (Wildman–Crippen LogP) is 12.7. The molecule has 0 radical (unpaired) electrons. The Morgan fingerprint density at radius 2 is 0.925 bits per heavy atom. The van der Waals surface area contributed by atoms with Gasteiger partial charge in [0, 0.05) is 44.0 Å². The summed E-state index contributed by atoms with van der Waals surface area (Å²) in [6, 6.07) is 65.5. The molecule has 0 bridgehead atoms. The smallest absolute Gasteiger partial charge is 0.109 e. The summed E-state index contributed by atoms with van der Waals surface area (Å²) in [4.78, 5) is 1.48. The molecule has 2 aromatic heterocycles. The van der Waals surface area contributed by atoms with Crippen molar-refractivity contribution in [3.63, 3.8) is 0 Å². The summed E-state index contributed by atoms with van der Waals surface area (Å²) in [5.41, 5.74) is 11.9. The lowest BCUT2D eigenvalue weighted by atomic mass is 10.0. The Balaban J connectivity index is 1.08. The van der Waals surface area contributed by atoms with E-state index >= 15 is 0 Å². The van der Waals surface area contributed by atoms with Crippen LogP contribution in [-0.2, 0) is 9.73 Å². The zero-order valence-electron chi connectivity index (χ0n) is 28.6. The molecule has 250 valence electrons. The van der Waals surface area contributed by atoms with Gasteiger partial charge in [-0.25, -0.2) is 4.21 Å². The zero-order chi connectivity index (χ0) is 35.1. The topological polar surface area (TPSA) is 39.3 Å². The number of nitrogens with zero attached hydrogens (tertiary/aromatic N) is 3. The van der Waals surface area contributed by atoms with Gasteiger partial charge < -0.3 is 9.13 Å². The molecular weight excluding hydrogens is 667 g/mol. The van der Waals surface area contributed by atoms with Crippen LogP contribution in [0.25, 0.3) is 77.2 Å². The van der Waals surface area contributed by atoms with Crippen molar-refractivity contribution in [3.05, 3.63) is 188 Å². The van der Waals surface area contributed by atoms with E-state index in [-0.39, 0.29) is 0 Å². The van der Waals surface area contributed by atoms with Gasteiger partial charge in [-0.05, 0) is 96.1 Å². The van der Waals surface area contributed by atoms with Gasteiger partial charge in [0.25, 0.3) is 0 Å². The quantitative estimate of drug-likeness (QED) is 0.180. The molecule has 10 aromatic rings. The molecule has 0 N–H and O–H groups in total. The summed E-state index contributed by atoms with van der Waals surface area (Å²) in [6.07, 6.45) is 0. The predicted molar refractivity (Wildman–Crippen MR) is 219 cm³/mol. The lowest BCUT2D eigenvalue weighted by Crippen LogP contribution is -2.07. The molecule has 1 atom stereocenters. The average molecular weight is 698 g/mol. The second-order valence-corrected chi connectivity index (χ2v) is 15.8. The highest BCUT2D eigenvalue weighted by molar-refractivity contribution is 7.94. The summed E-state index contributed by atoms with van der Waals surface area (Å²) in [7, 11) is -2.83. The van der Waals surface area contributed by atoms with Crippen LogP contribution >= 0.6 is 0 Å². The Hall–Kier alpha value is -6.69. The van der Waals surface area contributed by atoms with Crippen molar-refractivity contribution in [2.75, 3.05) is 0 Å². The third-order valence-corrected chi connectivity index (χ3v) is 13.0. The standard InChI is InChI=1S/C48H31N3OS/c52-53(36-15-5-2-6-16-36)48-22-12-9-19-39(48)40-31-35(25-26-43(40)49-53)51-45-21-11-8-18-38(45)42-30-33(24-28-47(42)51)32-23-27-46-41(29-32)37-17-7-10-20-44(37)50(46)34-13-3-1-4-14-34/h1-31H. The van der Waals surface area contributed by atoms with Gasteiger partial charge in [-0.15, -0.1) is 0 Å². The molecule has 0 fully saturated rings. The molecule has 1 aliphatic rings. The number of aromatic nitrogens is 2. The Kier molecular flexibility index (Phi) is 6.45. The molecule has 0 amide bonds. The van der Waals surface area contributed by atoms with Crippen molar-refractivity contribution in [1.82, 2.24) is 9.13 Å². The van der Waals surface area contributed by atoms with Crippen LogP contribution in [0.5, 0.6) is 0 Å². The maximum absolute atomic E-state index is 14.6. The van der Waals surface area contributed by atoms with Crippen molar-refractivity contribution in [2.45, 2.75) is 9.79 Å². The molecule has 11 rings (SSSR count). The van der Waals surface area contributed by atoms with Crippen LogP contribution in [0.4, 0.5) is 5.69 Å². The molecule has 1 unspecified atom stereocenters. The largest absolute Gasteiger partial charge is 0.309 e. The lowest BCUT2D eigenvalue weighted by molar-refractivity contribution is 0.676. The minimum atomic E-state index is -2.83. The van der Waals surface area contributed by atoms with E-state index in [9.17, 15) is 4.21 Å². The van der Waals surface area contributed by atoms with Gasteiger partial charge in [0.05, 0.1) is 37.5 Å². The first kappa shape index (κ1) is 30.0. The first-order valence-corrected chi connectivity index (χ1v) is 19.4. The van der Waals surface area contributed by atoms with Crippen molar-refractivity contribution in [2.24, 2.45) is 4.36 Å². The maximum atomic E-state index is 14.6. The Morgan fingerprint density at radius 3 is 1.58 bits per heavy atom. The number of fused-ring (bicyclic) bond motifs is 9. The van der Waals surface area contributed by atoms with Crippen molar-refractivity contribution in [3.8, 4) is 33.6 Å². The summed E-state index contributed by atoms with van der Waals surface area (Å²) < 4.78 is 24.3. The highest BCUT2D eigenvalue weighted by Crippen LogP contribution is 2.46. The van der Waals surface area contributed by atoms with Crippen LogP contribution < -0.4 is 0 Å². The monoisotopic (exact) mass is 697 g/mol. The van der Waals surface area contributed by atoms with Crippen molar-refractivity contribution in [1.29, 1.82) is 0 Å². The SMILES string of the molecule is O=S1(c2ccccc2)=Nc2ccc(-n3c4ccccc4c4cc(-c5ccc6c(c5)c5ccccc5n6-c5ccccc5)ccc43)cc2-c2ccccc21. The normalized spacial score (nSPS) is 15.1. The number of hydrogen-bond acceptors (Lipinski definition) is 2. The number of hydrogen-bond donors (Lipinski definition) is 0. The molecule has 5 heteroatoms.